The Morgan fingerprint density at radius 2 is 1.04 bits per heavy atom. The quantitative estimate of drug-likeness (QED) is 0.572. The molecule has 3 aromatic carbocycles. The van der Waals surface area contributed by atoms with Crippen LogP contribution < -0.4 is 0 Å². The highest BCUT2D eigenvalue weighted by atomic mass is 14.1. The summed E-state index contributed by atoms with van der Waals surface area (Å²) in [5, 5.41) is 0. The van der Waals surface area contributed by atoms with Crippen LogP contribution in [0.5, 0.6) is 0 Å². The number of hydrogen-bond donors (Lipinski definition) is 0. The third kappa shape index (κ3) is 3.71. The van der Waals surface area contributed by atoms with E-state index < -0.39 is 0 Å². The van der Waals surface area contributed by atoms with Crippen LogP contribution >= 0.6 is 0 Å². The van der Waals surface area contributed by atoms with Gasteiger partial charge in [-0.15, -0.1) is 0 Å². The molecule has 0 saturated carbocycles. The zero-order chi connectivity index (χ0) is 16.2. The number of rotatable bonds is 4. The molecule has 3 rings (SSSR count). The fraction of sp³-hybridized carbons (Fsp3) is 0.217. The summed E-state index contributed by atoms with van der Waals surface area (Å²) in [6.45, 7) is 6.61. The molecule has 116 valence electrons. The average Bonchev–Trinajstić information content (AvgIpc) is 2.54. The van der Waals surface area contributed by atoms with Crippen LogP contribution in [0.2, 0.25) is 0 Å². The van der Waals surface area contributed by atoms with E-state index in [0.29, 0.717) is 0 Å². The molecule has 0 heterocycles. The Labute approximate surface area is 139 Å². The van der Waals surface area contributed by atoms with Crippen LogP contribution in [0.15, 0.2) is 66.7 Å². The van der Waals surface area contributed by atoms with Gasteiger partial charge in [0, 0.05) is 0 Å². The van der Waals surface area contributed by atoms with Crippen molar-refractivity contribution in [2.75, 3.05) is 0 Å². The first-order chi connectivity index (χ1) is 11.1. The van der Waals surface area contributed by atoms with Crippen LogP contribution in [-0.4, -0.2) is 0 Å². The fourth-order valence-corrected chi connectivity index (χ4v) is 3.11. The molecule has 0 atom stereocenters. The van der Waals surface area contributed by atoms with Gasteiger partial charge in [0.2, 0.25) is 0 Å². The summed E-state index contributed by atoms with van der Waals surface area (Å²) in [6, 6.07) is 24.2. The van der Waals surface area contributed by atoms with Crippen molar-refractivity contribution in [3.8, 4) is 0 Å². The van der Waals surface area contributed by atoms with Gasteiger partial charge in [0.05, 0.1) is 0 Å². The van der Waals surface area contributed by atoms with Gasteiger partial charge >= 0.3 is 0 Å². The first kappa shape index (κ1) is 15.6. The van der Waals surface area contributed by atoms with Gasteiger partial charge in [-0.05, 0) is 72.6 Å². The second-order valence-electron chi connectivity index (χ2n) is 6.47. The molecule has 0 amide bonds. The molecule has 0 bridgehead atoms. The molecule has 0 aliphatic carbocycles. The SMILES string of the molecule is Cc1ccccc1Cc1ccc(Cc2ccccc2C)c(C)c1. The lowest BCUT2D eigenvalue weighted by molar-refractivity contribution is 1.10. The van der Waals surface area contributed by atoms with Crippen molar-refractivity contribution in [3.63, 3.8) is 0 Å². The van der Waals surface area contributed by atoms with Gasteiger partial charge in [-0.1, -0.05) is 66.7 Å². The normalized spacial score (nSPS) is 10.7. The summed E-state index contributed by atoms with van der Waals surface area (Å²) in [5.41, 5.74) is 9.78. The van der Waals surface area contributed by atoms with Crippen LogP contribution in [0, 0.1) is 20.8 Å². The van der Waals surface area contributed by atoms with E-state index in [0.717, 1.165) is 12.8 Å². The fourth-order valence-electron chi connectivity index (χ4n) is 3.11. The first-order valence-corrected chi connectivity index (χ1v) is 8.31. The Hall–Kier alpha value is -2.34. The lowest BCUT2D eigenvalue weighted by Crippen LogP contribution is -1.97. The molecule has 0 aliphatic heterocycles. The van der Waals surface area contributed by atoms with Crippen LogP contribution in [0.1, 0.15) is 38.9 Å². The van der Waals surface area contributed by atoms with Crippen molar-refractivity contribution < 1.29 is 0 Å². The lowest BCUT2D eigenvalue weighted by atomic mass is 9.94. The Bertz CT molecular complexity index is 812. The minimum absolute atomic E-state index is 1.01. The maximum absolute atomic E-state index is 2.35. The smallest absolute Gasteiger partial charge is 0.00205 e. The van der Waals surface area contributed by atoms with E-state index in [9.17, 15) is 0 Å². The van der Waals surface area contributed by atoms with Crippen molar-refractivity contribution in [1.82, 2.24) is 0 Å². The van der Waals surface area contributed by atoms with Crippen molar-refractivity contribution in [1.29, 1.82) is 0 Å². The average molecular weight is 300 g/mol. The highest BCUT2D eigenvalue weighted by Crippen LogP contribution is 2.20. The van der Waals surface area contributed by atoms with Crippen LogP contribution in [0.4, 0.5) is 0 Å². The van der Waals surface area contributed by atoms with E-state index in [1.165, 1.54) is 38.9 Å². The van der Waals surface area contributed by atoms with E-state index in [1.54, 1.807) is 0 Å². The monoisotopic (exact) mass is 300 g/mol. The van der Waals surface area contributed by atoms with Crippen molar-refractivity contribution in [2.24, 2.45) is 0 Å². The summed E-state index contributed by atoms with van der Waals surface area (Å²) < 4.78 is 0. The second-order valence-corrected chi connectivity index (χ2v) is 6.47. The van der Waals surface area contributed by atoms with Gasteiger partial charge in [-0.3, -0.25) is 0 Å². The van der Waals surface area contributed by atoms with Gasteiger partial charge in [-0.2, -0.15) is 0 Å². The molecule has 0 fully saturated rings. The molecule has 3 aromatic rings. The van der Waals surface area contributed by atoms with E-state index >= 15 is 0 Å². The highest BCUT2D eigenvalue weighted by molar-refractivity contribution is 5.40. The maximum Gasteiger partial charge on any atom is -0.00205 e. The molecule has 0 heteroatoms. The van der Waals surface area contributed by atoms with Crippen LogP contribution in [-0.2, 0) is 12.8 Å². The number of hydrogen-bond acceptors (Lipinski definition) is 0. The third-order valence-corrected chi connectivity index (χ3v) is 4.70. The second kappa shape index (κ2) is 6.83. The topological polar surface area (TPSA) is 0 Å². The van der Waals surface area contributed by atoms with E-state index in [2.05, 4.69) is 87.5 Å². The van der Waals surface area contributed by atoms with Crippen LogP contribution in [0.3, 0.4) is 0 Å². The molecule has 0 radical (unpaired) electrons. The zero-order valence-corrected chi connectivity index (χ0v) is 14.3. The molecule has 0 aliphatic rings. The molecular formula is C23H24. The Kier molecular flexibility index (Phi) is 4.62. The molecule has 0 N–H and O–H groups in total. The summed E-state index contributed by atoms with van der Waals surface area (Å²) in [5.74, 6) is 0. The highest BCUT2D eigenvalue weighted by Gasteiger charge is 2.05. The number of benzene rings is 3. The first-order valence-electron chi connectivity index (χ1n) is 8.31. The van der Waals surface area contributed by atoms with Gasteiger partial charge in [0.1, 0.15) is 0 Å². The molecule has 0 nitrogen and oxygen atoms in total. The summed E-state index contributed by atoms with van der Waals surface area (Å²) in [7, 11) is 0. The van der Waals surface area contributed by atoms with Crippen LogP contribution in [0.25, 0.3) is 0 Å². The predicted octanol–water partition coefficient (Wildman–Crippen LogP) is 5.79. The number of aryl methyl sites for hydroxylation is 3. The molecule has 0 aromatic heterocycles. The Balaban J connectivity index is 1.81. The van der Waals surface area contributed by atoms with Gasteiger partial charge in [0.25, 0.3) is 0 Å². The van der Waals surface area contributed by atoms with Crippen molar-refractivity contribution in [2.45, 2.75) is 33.6 Å². The van der Waals surface area contributed by atoms with Crippen molar-refractivity contribution in [3.05, 3.63) is 106 Å². The van der Waals surface area contributed by atoms with Gasteiger partial charge < -0.3 is 0 Å². The summed E-state index contributed by atoms with van der Waals surface area (Å²) >= 11 is 0. The van der Waals surface area contributed by atoms with E-state index in [4.69, 9.17) is 0 Å². The standard InChI is InChI=1S/C23H24/c1-17-8-4-6-10-21(17)15-20-12-13-23(19(3)14-20)16-22-11-7-5-9-18(22)2/h4-14H,15-16H2,1-3H3. The Morgan fingerprint density at radius 1 is 0.522 bits per heavy atom. The molecule has 0 spiro atoms. The summed E-state index contributed by atoms with van der Waals surface area (Å²) in [6.07, 6.45) is 2.03. The minimum Gasteiger partial charge on any atom is -0.0620 e. The lowest BCUT2D eigenvalue weighted by Gasteiger charge is -2.11. The van der Waals surface area contributed by atoms with E-state index in [1.807, 2.05) is 0 Å². The van der Waals surface area contributed by atoms with Gasteiger partial charge in [-0.25, -0.2) is 0 Å². The summed E-state index contributed by atoms with van der Waals surface area (Å²) in [4.78, 5) is 0. The minimum atomic E-state index is 1.01. The largest absolute Gasteiger partial charge is 0.0620 e. The van der Waals surface area contributed by atoms with E-state index in [-0.39, 0.29) is 0 Å². The van der Waals surface area contributed by atoms with Gasteiger partial charge in [0.15, 0.2) is 0 Å². The molecule has 23 heavy (non-hydrogen) atoms. The Morgan fingerprint density at radius 3 is 1.61 bits per heavy atom. The third-order valence-electron chi connectivity index (χ3n) is 4.70. The predicted molar refractivity (Wildman–Crippen MR) is 99.1 cm³/mol. The van der Waals surface area contributed by atoms with Crippen molar-refractivity contribution >= 4 is 0 Å². The zero-order valence-electron chi connectivity index (χ0n) is 14.3. The molecular weight excluding hydrogens is 276 g/mol. The maximum atomic E-state index is 2.35. The molecule has 0 unspecified atom stereocenters. The molecule has 0 saturated heterocycles.